The number of aromatic nitrogens is 1. The maximum atomic E-state index is 5.01. The van der Waals surface area contributed by atoms with E-state index < -0.39 is 0 Å². The third kappa shape index (κ3) is 1.99. The molecule has 0 aliphatic carbocycles. The van der Waals surface area contributed by atoms with Crippen molar-refractivity contribution in [2.45, 2.75) is 50.4 Å². The zero-order valence-electron chi connectivity index (χ0n) is 9.72. The maximum absolute atomic E-state index is 5.01. The minimum absolute atomic E-state index is 0.704. The number of fused-ring (bicyclic) bond motifs is 2. The van der Waals surface area contributed by atoms with Crippen molar-refractivity contribution >= 4 is 0 Å². The molecule has 0 amide bonds. The molecule has 2 aliphatic heterocycles. The normalized spacial score (nSPS) is 33.5. The molecule has 0 aromatic carbocycles. The largest absolute Gasteiger partial charge is 0.451 e. The van der Waals surface area contributed by atoms with E-state index in [9.17, 15) is 0 Å². The average molecular weight is 221 g/mol. The summed E-state index contributed by atoms with van der Waals surface area (Å²) in [4.78, 5) is 6.60. The van der Waals surface area contributed by atoms with Crippen LogP contribution in [0, 0.1) is 0 Å². The highest BCUT2D eigenvalue weighted by Crippen LogP contribution is 2.29. The van der Waals surface area contributed by atoms with Gasteiger partial charge in [0, 0.05) is 24.7 Å². The Morgan fingerprint density at radius 1 is 1.44 bits per heavy atom. The van der Waals surface area contributed by atoms with Crippen molar-refractivity contribution in [1.29, 1.82) is 0 Å². The van der Waals surface area contributed by atoms with E-state index >= 15 is 0 Å². The van der Waals surface area contributed by atoms with Crippen molar-refractivity contribution in [2.24, 2.45) is 0 Å². The molecule has 0 spiro atoms. The summed E-state index contributed by atoms with van der Waals surface area (Å²) < 4.78 is 5.01. The van der Waals surface area contributed by atoms with Crippen LogP contribution in [0.3, 0.4) is 0 Å². The number of hydrogen-bond acceptors (Lipinski definition) is 4. The summed E-state index contributed by atoms with van der Waals surface area (Å²) in [5, 5.41) is 3.67. The van der Waals surface area contributed by atoms with E-state index in [0.29, 0.717) is 6.04 Å². The SMILES string of the molecule is CN(Cc1cocn1)C1CC2CCC(C1)N2. The minimum atomic E-state index is 0.704. The number of hydrogen-bond donors (Lipinski definition) is 1. The van der Waals surface area contributed by atoms with E-state index in [1.807, 2.05) is 0 Å². The minimum Gasteiger partial charge on any atom is -0.451 e. The van der Waals surface area contributed by atoms with Crippen molar-refractivity contribution in [1.82, 2.24) is 15.2 Å². The van der Waals surface area contributed by atoms with Crippen molar-refractivity contribution in [2.75, 3.05) is 7.05 Å². The summed E-state index contributed by atoms with van der Waals surface area (Å²) in [6.45, 7) is 0.903. The zero-order chi connectivity index (χ0) is 11.0. The molecule has 4 nitrogen and oxygen atoms in total. The van der Waals surface area contributed by atoms with E-state index in [1.165, 1.54) is 32.1 Å². The molecular weight excluding hydrogens is 202 g/mol. The quantitative estimate of drug-likeness (QED) is 0.837. The summed E-state index contributed by atoms with van der Waals surface area (Å²) in [6, 6.07) is 2.21. The predicted octanol–water partition coefficient (Wildman–Crippen LogP) is 1.39. The Kier molecular flexibility index (Phi) is 2.69. The lowest BCUT2D eigenvalue weighted by Crippen LogP contribution is -2.46. The van der Waals surface area contributed by atoms with Crippen LogP contribution in [0.2, 0.25) is 0 Å². The number of nitrogens with one attached hydrogen (secondary N) is 1. The van der Waals surface area contributed by atoms with Crippen molar-refractivity contribution < 1.29 is 4.42 Å². The molecule has 1 aromatic rings. The van der Waals surface area contributed by atoms with Crippen LogP contribution in [0.4, 0.5) is 0 Å². The highest BCUT2D eigenvalue weighted by atomic mass is 16.3. The molecule has 16 heavy (non-hydrogen) atoms. The lowest BCUT2D eigenvalue weighted by atomic mass is 9.98. The van der Waals surface area contributed by atoms with Gasteiger partial charge in [-0.2, -0.15) is 0 Å². The topological polar surface area (TPSA) is 41.3 Å². The van der Waals surface area contributed by atoms with E-state index in [-0.39, 0.29) is 0 Å². The summed E-state index contributed by atoms with van der Waals surface area (Å²) in [7, 11) is 2.20. The van der Waals surface area contributed by atoms with Gasteiger partial charge in [-0.1, -0.05) is 0 Å². The molecule has 2 saturated heterocycles. The van der Waals surface area contributed by atoms with Gasteiger partial charge in [0.05, 0.1) is 5.69 Å². The lowest BCUT2D eigenvalue weighted by Gasteiger charge is -2.35. The summed E-state index contributed by atoms with van der Waals surface area (Å²) in [6.07, 6.45) is 8.54. The van der Waals surface area contributed by atoms with Crippen LogP contribution in [0.15, 0.2) is 17.1 Å². The van der Waals surface area contributed by atoms with Gasteiger partial charge in [0.2, 0.25) is 0 Å². The number of nitrogens with zero attached hydrogens (tertiary/aromatic N) is 2. The highest BCUT2D eigenvalue weighted by Gasteiger charge is 2.34. The number of oxazole rings is 1. The Morgan fingerprint density at radius 2 is 2.19 bits per heavy atom. The second-order valence-electron chi connectivity index (χ2n) is 5.16. The molecule has 3 rings (SSSR count). The molecule has 1 aromatic heterocycles. The molecule has 2 fully saturated rings. The summed E-state index contributed by atoms with van der Waals surface area (Å²) in [5.74, 6) is 0. The first-order valence-corrected chi connectivity index (χ1v) is 6.14. The average Bonchev–Trinajstić information content (AvgIpc) is 2.89. The fourth-order valence-corrected chi connectivity index (χ4v) is 3.09. The van der Waals surface area contributed by atoms with E-state index in [0.717, 1.165) is 24.3 Å². The van der Waals surface area contributed by atoms with Crippen molar-refractivity contribution in [3.05, 3.63) is 18.4 Å². The third-order valence-electron chi connectivity index (χ3n) is 3.97. The van der Waals surface area contributed by atoms with Gasteiger partial charge in [0.1, 0.15) is 6.26 Å². The second-order valence-corrected chi connectivity index (χ2v) is 5.16. The van der Waals surface area contributed by atoms with Crippen molar-refractivity contribution in [3.8, 4) is 0 Å². The summed E-state index contributed by atoms with van der Waals surface area (Å²) in [5.41, 5.74) is 1.04. The molecule has 4 heteroatoms. The molecule has 3 heterocycles. The van der Waals surface area contributed by atoms with Gasteiger partial charge in [-0.3, -0.25) is 4.90 Å². The third-order valence-corrected chi connectivity index (χ3v) is 3.97. The molecule has 2 unspecified atom stereocenters. The molecule has 2 aliphatic rings. The first-order valence-electron chi connectivity index (χ1n) is 6.14. The Balaban J connectivity index is 1.60. The molecule has 88 valence electrons. The van der Waals surface area contributed by atoms with Crippen LogP contribution in [-0.4, -0.2) is 35.1 Å². The Labute approximate surface area is 96.0 Å². The smallest absolute Gasteiger partial charge is 0.180 e. The molecule has 2 atom stereocenters. The van der Waals surface area contributed by atoms with Crippen LogP contribution in [-0.2, 0) is 6.54 Å². The molecule has 2 bridgehead atoms. The van der Waals surface area contributed by atoms with Gasteiger partial charge < -0.3 is 9.73 Å². The maximum Gasteiger partial charge on any atom is 0.180 e. The van der Waals surface area contributed by atoms with Gasteiger partial charge in [-0.15, -0.1) is 0 Å². The molecular formula is C12H19N3O. The van der Waals surface area contributed by atoms with E-state index in [4.69, 9.17) is 4.42 Å². The van der Waals surface area contributed by atoms with Crippen LogP contribution in [0.25, 0.3) is 0 Å². The highest BCUT2D eigenvalue weighted by molar-refractivity contribution is 4.97. The standard InChI is InChI=1S/C12H19N3O/c1-15(6-11-7-16-8-13-11)12-4-9-2-3-10(5-12)14-9/h7-10,12,14H,2-6H2,1H3. The van der Waals surface area contributed by atoms with Gasteiger partial charge in [0.25, 0.3) is 0 Å². The number of piperidine rings is 1. The van der Waals surface area contributed by atoms with Crippen LogP contribution < -0.4 is 5.32 Å². The van der Waals surface area contributed by atoms with Crippen LogP contribution >= 0.6 is 0 Å². The molecule has 1 N–H and O–H groups in total. The monoisotopic (exact) mass is 221 g/mol. The Bertz CT molecular complexity index is 326. The fraction of sp³-hybridized carbons (Fsp3) is 0.750. The van der Waals surface area contributed by atoms with Crippen LogP contribution in [0.5, 0.6) is 0 Å². The zero-order valence-corrected chi connectivity index (χ0v) is 9.72. The van der Waals surface area contributed by atoms with Crippen molar-refractivity contribution in [3.63, 3.8) is 0 Å². The lowest BCUT2D eigenvalue weighted by molar-refractivity contribution is 0.164. The first kappa shape index (κ1) is 10.3. The Hall–Kier alpha value is -0.870. The first-order chi connectivity index (χ1) is 7.81. The Morgan fingerprint density at radius 3 is 2.81 bits per heavy atom. The van der Waals surface area contributed by atoms with E-state index in [2.05, 4.69) is 22.2 Å². The second kappa shape index (κ2) is 4.18. The summed E-state index contributed by atoms with van der Waals surface area (Å²) >= 11 is 0. The van der Waals surface area contributed by atoms with Gasteiger partial charge in [-0.25, -0.2) is 4.98 Å². The molecule has 0 saturated carbocycles. The van der Waals surface area contributed by atoms with Gasteiger partial charge >= 0.3 is 0 Å². The number of rotatable bonds is 3. The fourth-order valence-electron chi connectivity index (χ4n) is 3.09. The van der Waals surface area contributed by atoms with E-state index in [1.54, 1.807) is 6.26 Å². The van der Waals surface area contributed by atoms with Gasteiger partial charge in [-0.05, 0) is 32.7 Å². The predicted molar refractivity (Wildman–Crippen MR) is 60.9 cm³/mol. The van der Waals surface area contributed by atoms with Gasteiger partial charge in [0.15, 0.2) is 6.39 Å². The van der Waals surface area contributed by atoms with Crippen LogP contribution in [0.1, 0.15) is 31.4 Å². The molecule has 0 radical (unpaired) electrons.